The second-order valence-corrected chi connectivity index (χ2v) is 4.31. The van der Waals surface area contributed by atoms with Crippen molar-refractivity contribution in [3.05, 3.63) is 24.2 Å². The number of carbonyl (C=O) groups is 1. The molecule has 4 heteroatoms. The number of hydrogen-bond acceptors (Lipinski definition) is 4. The standard InChI is InChI=1S/C10H12O3S/c11-9(6-8-2-1-3-12-8)10-7-14-5-4-13-10/h1-3,10H,4-7H2. The molecule has 2 heterocycles. The van der Waals surface area contributed by atoms with Crippen LogP contribution in [0.1, 0.15) is 5.76 Å². The zero-order valence-corrected chi connectivity index (χ0v) is 8.59. The van der Waals surface area contributed by atoms with Gasteiger partial charge in [0.05, 0.1) is 19.3 Å². The zero-order chi connectivity index (χ0) is 9.80. The van der Waals surface area contributed by atoms with Gasteiger partial charge in [-0.1, -0.05) is 0 Å². The fourth-order valence-electron chi connectivity index (χ4n) is 1.37. The van der Waals surface area contributed by atoms with Gasteiger partial charge in [-0.15, -0.1) is 0 Å². The summed E-state index contributed by atoms with van der Waals surface area (Å²) in [5.74, 6) is 2.60. The maximum atomic E-state index is 11.7. The monoisotopic (exact) mass is 212 g/mol. The molecule has 0 radical (unpaired) electrons. The van der Waals surface area contributed by atoms with E-state index in [0.717, 1.165) is 11.5 Å². The van der Waals surface area contributed by atoms with Crippen LogP contribution < -0.4 is 0 Å². The van der Waals surface area contributed by atoms with Crippen LogP contribution >= 0.6 is 11.8 Å². The van der Waals surface area contributed by atoms with Crippen LogP contribution in [0.2, 0.25) is 0 Å². The molecule has 0 aromatic carbocycles. The van der Waals surface area contributed by atoms with Crippen molar-refractivity contribution in [2.75, 3.05) is 18.1 Å². The zero-order valence-electron chi connectivity index (χ0n) is 7.77. The highest BCUT2D eigenvalue weighted by molar-refractivity contribution is 7.99. The number of hydrogen-bond donors (Lipinski definition) is 0. The average molecular weight is 212 g/mol. The van der Waals surface area contributed by atoms with Crippen molar-refractivity contribution in [1.29, 1.82) is 0 Å². The molecule has 0 N–H and O–H groups in total. The van der Waals surface area contributed by atoms with Crippen LogP contribution in [-0.2, 0) is 16.0 Å². The minimum absolute atomic E-state index is 0.118. The largest absolute Gasteiger partial charge is 0.469 e. The molecule has 1 fully saturated rings. The summed E-state index contributed by atoms with van der Waals surface area (Å²) in [5, 5.41) is 0. The SMILES string of the molecule is O=C(Cc1ccco1)C1CSCCO1. The Morgan fingerprint density at radius 3 is 3.21 bits per heavy atom. The summed E-state index contributed by atoms with van der Waals surface area (Å²) in [4.78, 5) is 11.7. The Morgan fingerprint density at radius 1 is 1.64 bits per heavy atom. The molecule has 1 atom stereocenters. The Labute approximate surface area is 86.8 Å². The molecule has 1 aromatic heterocycles. The Bertz CT molecular complexity index is 288. The topological polar surface area (TPSA) is 39.4 Å². The summed E-state index contributed by atoms with van der Waals surface area (Å²) >= 11 is 1.77. The summed E-state index contributed by atoms with van der Waals surface area (Å²) in [6.07, 6.45) is 1.69. The van der Waals surface area contributed by atoms with E-state index < -0.39 is 0 Å². The Kier molecular flexibility index (Phi) is 3.26. The van der Waals surface area contributed by atoms with Gasteiger partial charge in [-0.25, -0.2) is 0 Å². The van der Waals surface area contributed by atoms with Crippen LogP contribution in [0.15, 0.2) is 22.8 Å². The maximum Gasteiger partial charge on any atom is 0.169 e. The molecule has 0 aliphatic carbocycles. The molecule has 2 rings (SSSR count). The normalized spacial score (nSPS) is 22.1. The van der Waals surface area contributed by atoms with Crippen molar-refractivity contribution in [2.24, 2.45) is 0 Å². The second-order valence-electron chi connectivity index (χ2n) is 3.16. The summed E-state index contributed by atoms with van der Waals surface area (Å²) in [7, 11) is 0. The van der Waals surface area contributed by atoms with Crippen LogP contribution in [0.25, 0.3) is 0 Å². The first kappa shape index (κ1) is 9.80. The van der Waals surface area contributed by atoms with E-state index in [1.165, 1.54) is 0 Å². The lowest BCUT2D eigenvalue weighted by Crippen LogP contribution is -2.32. The number of carbonyl (C=O) groups excluding carboxylic acids is 1. The van der Waals surface area contributed by atoms with Crippen LogP contribution in [0.3, 0.4) is 0 Å². The number of ether oxygens (including phenoxy) is 1. The lowest BCUT2D eigenvalue weighted by Gasteiger charge is -2.20. The highest BCUT2D eigenvalue weighted by Gasteiger charge is 2.22. The number of thioether (sulfide) groups is 1. The first-order valence-electron chi connectivity index (χ1n) is 4.61. The van der Waals surface area contributed by atoms with Gasteiger partial charge in [-0.2, -0.15) is 11.8 Å². The molecule has 0 spiro atoms. The molecule has 1 aliphatic heterocycles. The Morgan fingerprint density at radius 2 is 2.57 bits per heavy atom. The molecule has 0 saturated carbocycles. The molecular formula is C10H12O3S. The van der Waals surface area contributed by atoms with Crippen molar-refractivity contribution in [3.8, 4) is 0 Å². The van der Waals surface area contributed by atoms with Gasteiger partial charge in [-0.05, 0) is 12.1 Å². The molecule has 76 valence electrons. The van der Waals surface area contributed by atoms with E-state index in [1.54, 1.807) is 24.1 Å². The van der Waals surface area contributed by atoms with Gasteiger partial charge in [0.1, 0.15) is 11.9 Å². The smallest absolute Gasteiger partial charge is 0.169 e. The summed E-state index contributed by atoms with van der Waals surface area (Å²) < 4.78 is 10.5. The van der Waals surface area contributed by atoms with Gasteiger partial charge in [0.25, 0.3) is 0 Å². The molecular weight excluding hydrogens is 200 g/mol. The molecule has 1 aromatic rings. The number of furan rings is 1. The summed E-state index contributed by atoms with van der Waals surface area (Å²) in [6, 6.07) is 3.60. The van der Waals surface area contributed by atoms with Gasteiger partial charge in [0, 0.05) is 11.5 Å². The molecule has 1 saturated heterocycles. The maximum absolute atomic E-state index is 11.7. The van der Waals surface area contributed by atoms with Crippen molar-refractivity contribution in [2.45, 2.75) is 12.5 Å². The quantitative estimate of drug-likeness (QED) is 0.761. The van der Waals surface area contributed by atoms with E-state index in [9.17, 15) is 4.79 Å². The van der Waals surface area contributed by atoms with Gasteiger partial charge < -0.3 is 9.15 Å². The van der Waals surface area contributed by atoms with E-state index in [-0.39, 0.29) is 11.9 Å². The van der Waals surface area contributed by atoms with Gasteiger partial charge in [0.15, 0.2) is 5.78 Å². The molecule has 14 heavy (non-hydrogen) atoms. The van der Waals surface area contributed by atoms with E-state index in [0.29, 0.717) is 18.8 Å². The highest BCUT2D eigenvalue weighted by Crippen LogP contribution is 2.15. The fraction of sp³-hybridized carbons (Fsp3) is 0.500. The number of rotatable bonds is 3. The van der Waals surface area contributed by atoms with Crippen LogP contribution in [0.5, 0.6) is 0 Å². The number of Topliss-reactive ketones (excluding diaryl/α,β-unsaturated/α-hetero) is 1. The van der Waals surface area contributed by atoms with Crippen LogP contribution in [0.4, 0.5) is 0 Å². The number of ketones is 1. The van der Waals surface area contributed by atoms with Gasteiger partial charge >= 0.3 is 0 Å². The molecule has 1 aliphatic rings. The van der Waals surface area contributed by atoms with Crippen LogP contribution in [-0.4, -0.2) is 30.0 Å². The second kappa shape index (κ2) is 4.66. The predicted octanol–water partition coefficient (Wildman–Crippen LogP) is 1.52. The predicted molar refractivity (Wildman–Crippen MR) is 54.5 cm³/mol. The lowest BCUT2D eigenvalue weighted by atomic mass is 10.1. The van der Waals surface area contributed by atoms with Crippen molar-refractivity contribution >= 4 is 17.5 Å². The molecule has 3 nitrogen and oxygen atoms in total. The first-order valence-corrected chi connectivity index (χ1v) is 5.76. The lowest BCUT2D eigenvalue weighted by molar-refractivity contribution is -0.128. The Hall–Kier alpha value is -0.740. The first-order chi connectivity index (χ1) is 6.86. The minimum atomic E-state index is -0.237. The van der Waals surface area contributed by atoms with Crippen LogP contribution in [0, 0.1) is 0 Å². The summed E-state index contributed by atoms with van der Waals surface area (Å²) in [6.45, 7) is 0.680. The average Bonchev–Trinajstić information content (AvgIpc) is 2.72. The van der Waals surface area contributed by atoms with Crippen molar-refractivity contribution in [1.82, 2.24) is 0 Å². The molecule has 0 bridgehead atoms. The van der Waals surface area contributed by atoms with E-state index >= 15 is 0 Å². The molecule has 0 amide bonds. The van der Waals surface area contributed by atoms with E-state index in [4.69, 9.17) is 9.15 Å². The third-order valence-electron chi connectivity index (χ3n) is 2.10. The third kappa shape index (κ3) is 2.39. The van der Waals surface area contributed by atoms with Gasteiger partial charge in [0.2, 0.25) is 0 Å². The third-order valence-corrected chi connectivity index (χ3v) is 3.10. The summed E-state index contributed by atoms with van der Waals surface area (Å²) in [5.41, 5.74) is 0. The van der Waals surface area contributed by atoms with E-state index in [1.807, 2.05) is 6.07 Å². The van der Waals surface area contributed by atoms with Gasteiger partial charge in [-0.3, -0.25) is 4.79 Å². The highest BCUT2D eigenvalue weighted by atomic mass is 32.2. The fourth-order valence-corrected chi connectivity index (χ4v) is 2.25. The minimum Gasteiger partial charge on any atom is -0.469 e. The van der Waals surface area contributed by atoms with Crippen molar-refractivity contribution in [3.63, 3.8) is 0 Å². The van der Waals surface area contributed by atoms with E-state index in [2.05, 4.69) is 0 Å². The van der Waals surface area contributed by atoms with Crippen molar-refractivity contribution < 1.29 is 13.9 Å². The Balaban J connectivity index is 1.88. The molecule has 1 unspecified atom stereocenters.